The number of hydrogen-bond donors (Lipinski definition) is 0. The molecule has 0 saturated heterocycles. The van der Waals surface area contributed by atoms with Crippen LogP contribution in [-0.4, -0.2) is 0 Å². The largest absolute Gasteiger partial charge is 0.205 e. The van der Waals surface area contributed by atoms with Crippen LogP contribution in [0.2, 0.25) is 0 Å². The summed E-state index contributed by atoms with van der Waals surface area (Å²) in [5.41, 5.74) is 1.55. The van der Waals surface area contributed by atoms with Crippen molar-refractivity contribution in [3.8, 4) is 0 Å². The van der Waals surface area contributed by atoms with Gasteiger partial charge in [0, 0.05) is 5.56 Å². The second-order valence-electron chi connectivity index (χ2n) is 2.96. The molecule has 0 radical (unpaired) electrons. The van der Waals surface area contributed by atoms with Crippen molar-refractivity contribution in [1.82, 2.24) is 0 Å². The summed E-state index contributed by atoms with van der Waals surface area (Å²) >= 11 is 7.09. The maximum absolute atomic E-state index is 13.7. The first-order valence-electron chi connectivity index (χ1n) is 3.95. The molecular formula is C10H8ClFS. The van der Waals surface area contributed by atoms with E-state index in [0.717, 1.165) is 10.9 Å². The highest BCUT2D eigenvalue weighted by Gasteiger charge is 2.10. The first kappa shape index (κ1) is 8.97. The molecule has 13 heavy (non-hydrogen) atoms. The second-order valence-corrected chi connectivity index (χ2v) is 4.14. The van der Waals surface area contributed by atoms with Gasteiger partial charge in [0.05, 0.1) is 10.6 Å². The van der Waals surface area contributed by atoms with E-state index in [1.54, 1.807) is 0 Å². The SMILES string of the molecule is Cc1cc2ccsc2c(F)c1CCl. The van der Waals surface area contributed by atoms with Gasteiger partial charge in [-0.15, -0.1) is 22.9 Å². The summed E-state index contributed by atoms with van der Waals surface area (Å²) in [4.78, 5) is 0. The van der Waals surface area contributed by atoms with Crippen LogP contribution in [0.25, 0.3) is 10.1 Å². The van der Waals surface area contributed by atoms with E-state index in [0.29, 0.717) is 10.3 Å². The van der Waals surface area contributed by atoms with Crippen molar-refractivity contribution in [1.29, 1.82) is 0 Å². The molecule has 0 amide bonds. The number of hydrogen-bond acceptors (Lipinski definition) is 1. The van der Waals surface area contributed by atoms with Crippen LogP contribution >= 0.6 is 22.9 Å². The topological polar surface area (TPSA) is 0 Å². The standard InChI is InChI=1S/C10H8ClFS/c1-6-4-7-2-3-13-10(7)9(12)8(6)5-11/h2-4H,5H2,1H3. The van der Waals surface area contributed by atoms with Gasteiger partial charge in [-0.1, -0.05) is 6.07 Å². The molecule has 1 heterocycles. The normalized spacial score (nSPS) is 11.0. The second kappa shape index (κ2) is 3.28. The molecule has 0 atom stereocenters. The number of benzene rings is 1. The van der Waals surface area contributed by atoms with E-state index < -0.39 is 0 Å². The van der Waals surface area contributed by atoms with E-state index in [-0.39, 0.29) is 11.7 Å². The zero-order chi connectivity index (χ0) is 9.42. The monoisotopic (exact) mass is 214 g/mol. The fraction of sp³-hybridized carbons (Fsp3) is 0.200. The molecule has 0 spiro atoms. The van der Waals surface area contributed by atoms with Crippen molar-refractivity contribution in [3.63, 3.8) is 0 Å². The number of aryl methyl sites for hydroxylation is 1. The molecule has 0 nitrogen and oxygen atoms in total. The summed E-state index contributed by atoms with van der Waals surface area (Å²) in [5.74, 6) is 0.0888. The molecule has 0 aliphatic carbocycles. The molecule has 0 N–H and O–H groups in total. The summed E-state index contributed by atoms with van der Waals surface area (Å²) < 4.78 is 14.4. The molecule has 0 unspecified atom stereocenters. The quantitative estimate of drug-likeness (QED) is 0.628. The maximum atomic E-state index is 13.7. The molecule has 3 heteroatoms. The van der Waals surface area contributed by atoms with Crippen molar-refractivity contribution in [2.75, 3.05) is 0 Å². The lowest BCUT2D eigenvalue weighted by atomic mass is 10.1. The summed E-state index contributed by atoms with van der Waals surface area (Å²) in [6.07, 6.45) is 0. The molecule has 0 saturated carbocycles. The van der Waals surface area contributed by atoms with E-state index in [2.05, 4.69) is 0 Å². The van der Waals surface area contributed by atoms with Gasteiger partial charge in [-0.2, -0.15) is 0 Å². The molecule has 0 aliphatic rings. The lowest BCUT2D eigenvalue weighted by Gasteiger charge is -2.04. The maximum Gasteiger partial charge on any atom is 0.145 e. The molecule has 68 valence electrons. The van der Waals surface area contributed by atoms with Gasteiger partial charge in [-0.05, 0) is 29.3 Å². The highest BCUT2D eigenvalue weighted by molar-refractivity contribution is 7.17. The van der Waals surface area contributed by atoms with Crippen LogP contribution in [0.1, 0.15) is 11.1 Å². The molecule has 0 bridgehead atoms. The minimum Gasteiger partial charge on any atom is -0.205 e. The van der Waals surface area contributed by atoms with Gasteiger partial charge in [0.15, 0.2) is 0 Å². The zero-order valence-electron chi connectivity index (χ0n) is 7.10. The lowest BCUT2D eigenvalue weighted by Crippen LogP contribution is -1.90. The number of fused-ring (bicyclic) bond motifs is 1. The Morgan fingerprint density at radius 1 is 1.54 bits per heavy atom. The van der Waals surface area contributed by atoms with Gasteiger partial charge in [0.25, 0.3) is 0 Å². The van der Waals surface area contributed by atoms with E-state index in [1.807, 2.05) is 24.4 Å². The van der Waals surface area contributed by atoms with Crippen LogP contribution in [0.5, 0.6) is 0 Å². The van der Waals surface area contributed by atoms with Crippen LogP contribution in [0.15, 0.2) is 17.5 Å². The summed E-state index contributed by atoms with van der Waals surface area (Å²) in [5, 5.41) is 2.86. The Balaban J connectivity index is 2.85. The summed E-state index contributed by atoms with van der Waals surface area (Å²) in [6, 6.07) is 3.90. The van der Waals surface area contributed by atoms with Crippen LogP contribution in [-0.2, 0) is 5.88 Å². The number of rotatable bonds is 1. The molecule has 0 fully saturated rings. The van der Waals surface area contributed by atoms with Crippen molar-refractivity contribution in [3.05, 3.63) is 34.5 Å². The molecule has 0 aliphatic heterocycles. The van der Waals surface area contributed by atoms with Gasteiger partial charge in [0.1, 0.15) is 5.82 Å². The number of thiophene rings is 1. The van der Waals surface area contributed by atoms with E-state index in [9.17, 15) is 4.39 Å². The third kappa shape index (κ3) is 1.34. The Morgan fingerprint density at radius 3 is 3.00 bits per heavy atom. The first-order valence-corrected chi connectivity index (χ1v) is 5.36. The highest BCUT2D eigenvalue weighted by Crippen LogP contribution is 2.29. The van der Waals surface area contributed by atoms with Gasteiger partial charge < -0.3 is 0 Å². The van der Waals surface area contributed by atoms with Crippen LogP contribution < -0.4 is 0 Å². The molecule has 2 rings (SSSR count). The van der Waals surface area contributed by atoms with Crippen LogP contribution in [0, 0.1) is 12.7 Å². The van der Waals surface area contributed by atoms with E-state index in [1.165, 1.54) is 11.3 Å². The minimum absolute atomic E-state index is 0.153. The average Bonchev–Trinajstić information content (AvgIpc) is 2.53. The van der Waals surface area contributed by atoms with Gasteiger partial charge >= 0.3 is 0 Å². The summed E-state index contributed by atoms with van der Waals surface area (Å²) in [7, 11) is 0. The van der Waals surface area contributed by atoms with Crippen LogP contribution in [0.3, 0.4) is 0 Å². The van der Waals surface area contributed by atoms with Crippen molar-refractivity contribution >= 4 is 33.0 Å². The van der Waals surface area contributed by atoms with Crippen LogP contribution in [0.4, 0.5) is 4.39 Å². The third-order valence-corrected chi connectivity index (χ3v) is 3.33. The molecule has 2 aromatic rings. The molecular weight excluding hydrogens is 207 g/mol. The zero-order valence-corrected chi connectivity index (χ0v) is 8.68. The minimum atomic E-state index is -0.153. The van der Waals surface area contributed by atoms with Crippen molar-refractivity contribution in [2.24, 2.45) is 0 Å². The molecule has 1 aromatic carbocycles. The van der Waals surface area contributed by atoms with Gasteiger partial charge in [-0.25, -0.2) is 4.39 Å². The van der Waals surface area contributed by atoms with Crippen molar-refractivity contribution < 1.29 is 4.39 Å². The third-order valence-electron chi connectivity index (χ3n) is 2.14. The Kier molecular flexibility index (Phi) is 2.26. The fourth-order valence-electron chi connectivity index (χ4n) is 1.41. The van der Waals surface area contributed by atoms with Crippen molar-refractivity contribution in [2.45, 2.75) is 12.8 Å². The predicted molar refractivity (Wildman–Crippen MR) is 56.1 cm³/mol. The summed E-state index contributed by atoms with van der Waals surface area (Å²) in [6.45, 7) is 1.89. The first-order chi connectivity index (χ1) is 6.24. The average molecular weight is 215 g/mol. The highest BCUT2D eigenvalue weighted by atomic mass is 35.5. The lowest BCUT2D eigenvalue weighted by molar-refractivity contribution is 0.629. The number of alkyl halides is 1. The molecule has 1 aromatic heterocycles. The Hall–Kier alpha value is -0.600. The Bertz CT molecular complexity index is 447. The van der Waals surface area contributed by atoms with E-state index in [4.69, 9.17) is 11.6 Å². The number of halogens is 2. The fourth-order valence-corrected chi connectivity index (χ4v) is 2.57. The van der Waals surface area contributed by atoms with E-state index >= 15 is 0 Å². The predicted octanol–water partition coefficient (Wildman–Crippen LogP) is 4.09. The Labute approximate surface area is 85.0 Å². The van der Waals surface area contributed by atoms with Gasteiger partial charge in [-0.3, -0.25) is 0 Å². The Morgan fingerprint density at radius 2 is 2.31 bits per heavy atom. The smallest absolute Gasteiger partial charge is 0.145 e. The van der Waals surface area contributed by atoms with Gasteiger partial charge in [0.2, 0.25) is 0 Å².